The summed E-state index contributed by atoms with van der Waals surface area (Å²) in [7, 11) is -6.38. The van der Waals surface area contributed by atoms with Crippen LogP contribution >= 0.6 is 23.2 Å². The van der Waals surface area contributed by atoms with Gasteiger partial charge in [-0.2, -0.15) is 0 Å². The van der Waals surface area contributed by atoms with Crippen LogP contribution in [0.5, 0.6) is 11.5 Å². The Balaban J connectivity index is 0.657. The van der Waals surface area contributed by atoms with E-state index in [0.29, 0.717) is 118 Å². The molecule has 1 spiro atoms. The lowest BCUT2D eigenvalue weighted by molar-refractivity contribution is -0.252. The first-order chi connectivity index (χ1) is 49.7. The molecule has 11 aliphatic rings. The molecule has 4 saturated heterocycles. The number of halogens is 2. The number of likely N-dealkylation sites (tertiary alicyclic amines) is 2. The van der Waals surface area contributed by atoms with Crippen LogP contribution in [0.2, 0.25) is 10.0 Å². The summed E-state index contributed by atoms with van der Waals surface area (Å²) >= 11 is 13.2. The summed E-state index contributed by atoms with van der Waals surface area (Å²) in [5.41, 5.74) is 7.00. The number of ether oxygens (including phenoxy) is 8. The third kappa shape index (κ3) is 15.6. The second kappa shape index (κ2) is 31.0. The molecular formula is C79H106Cl2N6O14S2. The lowest BCUT2D eigenvalue weighted by Gasteiger charge is -2.50. The zero-order chi connectivity index (χ0) is 71.5. The van der Waals surface area contributed by atoms with E-state index < -0.39 is 54.1 Å². The largest absolute Gasteiger partial charge is 0.490 e. The van der Waals surface area contributed by atoms with Crippen molar-refractivity contribution in [2.24, 2.45) is 47.3 Å². The Morgan fingerprint density at radius 1 is 0.553 bits per heavy atom. The van der Waals surface area contributed by atoms with E-state index >= 15 is 0 Å². The molecule has 562 valence electrons. The number of carbonyl (C=O) groups excluding carboxylic acids is 2. The van der Waals surface area contributed by atoms with E-state index in [0.717, 1.165) is 139 Å². The number of methoxy groups -OCH3 is 1. The standard InChI is InChI=1S/C79H106Cl2N6O14S2/c1-48-11-8-15-68(66-23-18-55(66)34-84-28-7-6-13-52-30-60(80)21-17-57(52)40-96-73-26-20-54(32-71(73)84)75(88)82-102(90,91)50(48)3)77-99-44-63(45-100-77)86-38-65(39-86)95-41-59-29-58-33-72-74(59)101-47-79(27-10-14-53-31-61(81)22-25-70(53)79)46-87(72)35-56-19-24-67(56)69(16-9-12-49(2)51(4)103(92,93)83-76(58)89)78-97-42-62(43-98-78)85-36-64(37-85)94-5/h17,20-22,25-26,29-33,48-51,55-56,62-69,77-78H,6-16,18-19,23-24,27-28,34-47H2,1-5H3,(H,82,88)(H,83,89)/t48-,49-,50+,51+,55-,56-,62-,63-,66+,67+,68+,69+,77-,78+,79-/m0/s1. The fourth-order valence-corrected chi connectivity index (χ4v) is 22.0. The van der Waals surface area contributed by atoms with E-state index in [1.54, 1.807) is 33.1 Å². The Bertz CT molecular complexity index is 3960. The molecular weight excluding hydrogens is 1390 g/mol. The molecule has 4 aromatic rings. The van der Waals surface area contributed by atoms with Crippen LogP contribution in [0.25, 0.3) is 0 Å². The van der Waals surface area contributed by atoms with Crippen molar-refractivity contribution in [2.45, 2.75) is 196 Å². The van der Waals surface area contributed by atoms with E-state index in [9.17, 15) is 26.4 Å². The first kappa shape index (κ1) is 73.7. The van der Waals surface area contributed by atoms with Gasteiger partial charge in [0.2, 0.25) is 20.0 Å². The van der Waals surface area contributed by atoms with Crippen molar-refractivity contribution in [1.82, 2.24) is 19.2 Å². The molecule has 15 rings (SSSR count). The van der Waals surface area contributed by atoms with Crippen LogP contribution in [0.4, 0.5) is 11.4 Å². The zero-order valence-electron chi connectivity index (χ0n) is 60.6. The molecule has 24 heteroatoms. The average Bonchev–Trinajstić information content (AvgIpc) is 1.63. The van der Waals surface area contributed by atoms with Gasteiger partial charge >= 0.3 is 0 Å². The van der Waals surface area contributed by atoms with Gasteiger partial charge in [-0.25, -0.2) is 26.3 Å². The van der Waals surface area contributed by atoms with Crippen molar-refractivity contribution < 1.29 is 64.3 Å². The van der Waals surface area contributed by atoms with Crippen LogP contribution in [0.1, 0.15) is 166 Å². The topological polar surface area (TPSA) is 213 Å². The van der Waals surface area contributed by atoms with Crippen LogP contribution in [0.15, 0.2) is 66.7 Å². The summed E-state index contributed by atoms with van der Waals surface area (Å²) in [4.78, 5) is 38.3. The molecule has 20 nitrogen and oxygen atoms in total. The highest BCUT2D eigenvalue weighted by atomic mass is 35.5. The monoisotopic (exact) mass is 1500 g/mol. The zero-order valence-corrected chi connectivity index (χ0v) is 63.7. The fraction of sp³-hybridized carbons (Fsp3) is 0.671. The van der Waals surface area contributed by atoms with Crippen molar-refractivity contribution in [3.8, 4) is 11.5 Å². The third-order valence-corrected chi connectivity index (χ3v) is 30.5. The van der Waals surface area contributed by atoms with Gasteiger partial charge in [-0.3, -0.25) is 19.4 Å². The van der Waals surface area contributed by atoms with Gasteiger partial charge in [0, 0.05) is 103 Å². The van der Waals surface area contributed by atoms with Crippen molar-refractivity contribution in [3.05, 3.63) is 116 Å². The van der Waals surface area contributed by atoms with Crippen molar-refractivity contribution in [2.75, 3.05) is 102 Å². The van der Waals surface area contributed by atoms with Gasteiger partial charge in [0.15, 0.2) is 12.6 Å². The lowest BCUT2D eigenvalue weighted by atomic mass is 9.64. The maximum absolute atomic E-state index is 14.8. The minimum Gasteiger partial charge on any atom is -0.490 e. The Labute approximate surface area is 619 Å². The molecule has 4 aromatic carbocycles. The maximum atomic E-state index is 14.8. The van der Waals surface area contributed by atoms with Crippen LogP contribution in [-0.4, -0.2) is 178 Å². The van der Waals surface area contributed by atoms with E-state index in [2.05, 4.69) is 41.2 Å². The maximum Gasteiger partial charge on any atom is 0.264 e. The van der Waals surface area contributed by atoms with Gasteiger partial charge in [-0.05, 0) is 216 Å². The molecule has 4 bridgehead atoms. The molecule has 2 amide bonds. The number of nitrogens with zero attached hydrogens (tertiary/aromatic N) is 4. The number of benzene rings is 4. The molecule has 2 N–H and O–H groups in total. The minimum absolute atomic E-state index is 0.0126. The number of hydrogen-bond donors (Lipinski definition) is 2. The number of rotatable bonds is 8. The smallest absolute Gasteiger partial charge is 0.264 e. The number of sulfonamides is 2. The minimum atomic E-state index is -4.12. The molecule has 8 aliphatic heterocycles. The van der Waals surface area contributed by atoms with E-state index in [1.807, 2.05) is 56.3 Å². The highest BCUT2D eigenvalue weighted by Gasteiger charge is 2.50. The van der Waals surface area contributed by atoms with Crippen molar-refractivity contribution in [3.63, 3.8) is 0 Å². The van der Waals surface area contributed by atoms with Crippen LogP contribution < -0.4 is 28.7 Å². The van der Waals surface area contributed by atoms with E-state index in [4.69, 9.17) is 61.1 Å². The molecule has 11 atom stereocenters. The first-order valence-electron chi connectivity index (χ1n) is 38.5. The molecule has 0 radical (unpaired) electrons. The van der Waals surface area contributed by atoms with Gasteiger partial charge < -0.3 is 47.7 Å². The predicted molar refractivity (Wildman–Crippen MR) is 396 cm³/mol. The number of carbonyl (C=O) groups is 2. The number of fused-ring (bicyclic) bond motifs is 7. The summed E-state index contributed by atoms with van der Waals surface area (Å²) in [6.07, 6.45) is 13.4. The lowest BCUT2D eigenvalue weighted by Crippen LogP contribution is -2.61. The molecule has 0 unspecified atom stereocenters. The number of nitrogens with one attached hydrogen (secondary N) is 2. The van der Waals surface area contributed by atoms with Gasteiger partial charge in [0.25, 0.3) is 11.8 Å². The van der Waals surface area contributed by atoms with Crippen LogP contribution in [0.3, 0.4) is 0 Å². The van der Waals surface area contributed by atoms with Gasteiger partial charge in [-0.1, -0.05) is 62.0 Å². The van der Waals surface area contributed by atoms with Crippen molar-refractivity contribution in [1.29, 1.82) is 0 Å². The molecule has 2 saturated carbocycles. The number of anilines is 2. The van der Waals surface area contributed by atoms with Crippen LogP contribution in [-0.2, 0) is 79.9 Å². The third-order valence-electron chi connectivity index (χ3n) is 26.2. The Morgan fingerprint density at radius 3 is 1.74 bits per heavy atom. The molecule has 8 heterocycles. The Morgan fingerprint density at radius 2 is 1.13 bits per heavy atom. The first-order valence-corrected chi connectivity index (χ1v) is 42.3. The predicted octanol–water partition coefficient (Wildman–Crippen LogP) is 11.7. The van der Waals surface area contributed by atoms with Gasteiger partial charge in [-0.15, -0.1) is 0 Å². The normalized spacial score (nSPS) is 34.2. The summed E-state index contributed by atoms with van der Waals surface area (Å²) in [6.45, 7) is 16.2. The van der Waals surface area contributed by atoms with E-state index in [1.165, 1.54) is 11.1 Å². The molecule has 3 aliphatic carbocycles. The quantitative estimate of drug-likeness (QED) is 0.168. The van der Waals surface area contributed by atoms with Gasteiger partial charge in [0.1, 0.15) is 18.1 Å². The highest BCUT2D eigenvalue weighted by Crippen LogP contribution is 2.52. The Kier molecular flexibility index (Phi) is 22.2. The summed E-state index contributed by atoms with van der Waals surface area (Å²) in [5.74, 6) is 0.893. The number of amides is 2. The Hall–Kier alpha value is -4.82. The SMILES string of the molecule is COC1CN([C@H]2CO[C@@H]([C@@H]3CCC[C@H](C)[C@@H](C)S(=O)(=O)NC(=O)c4cc(COC5CN([C@H]6CO[C@H]([C@@H]7CCC[C@H](C)[C@@H](C)S(=O)(=O)NC(=O)c8ccc9c(c8)N(CCCCc8cc(Cl)ccc8CO9)C[C@@H]8CC[C@H]87)OC6)C5)c5c(c4)N(C[C@@H]4CC[C@H]43)C[C@@]3(CCCc4cc(Cl)ccc43)CO5)OC2)C1. The molecule has 0 aromatic heterocycles. The number of aryl methyl sites for hydroxylation is 2. The summed E-state index contributed by atoms with van der Waals surface area (Å²) in [6, 6.07) is 21.3. The second-order valence-electron chi connectivity index (χ2n) is 32.5. The average molecular weight is 1500 g/mol. The van der Waals surface area contributed by atoms with E-state index in [-0.39, 0.29) is 83.8 Å². The van der Waals surface area contributed by atoms with Crippen molar-refractivity contribution >= 4 is 66.4 Å². The van der Waals surface area contributed by atoms with Crippen LogP contribution in [0, 0.1) is 47.3 Å². The second-order valence-corrected chi connectivity index (χ2v) is 37.4. The van der Waals surface area contributed by atoms with Gasteiger partial charge in [0.05, 0.1) is 85.8 Å². The summed E-state index contributed by atoms with van der Waals surface area (Å²) < 4.78 is 115. The summed E-state index contributed by atoms with van der Waals surface area (Å²) in [5, 5.41) is -0.246. The molecule has 6 fully saturated rings. The highest BCUT2D eigenvalue weighted by molar-refractivity contribution is 7.91. The fourth-order valence-electron chi connectivity index (χ4n) is 19.0. The molecule has 103 heavy (non-hydrogen) atoms. The number of hydrogen-bond acceptors (Lipinski definition) is 18.